The molecule has 1 aromatic rings. The number of aryl methyl sites for hydroxylation is 1. The van der Waals surface area contributed by atoms with Crippen molar-refractivity contribution < 1.29 is 0 Å². The van der Waals surface area contributed by atoms with Gasteiger partial charge in [-0.05, 0) is 25.0 Å². The van der Waals surface area contributed by atoms with E-state index in [-0.39, 0.29) is 0 Å². The molecule has 0 saturated carbocycles. The van der Waals surface area contributed by atoms with Crippen LogP contribution in [-0.4, -0.2) is 25.2 Å². The van der Waals surface area contributed by atoms with Gasteiger partial charge < -0.3 is 10.2 Å². The number of anilines is 1. The van der Waals surface area contributed by atoms with Crippen LogP contribution >= 0.6 is 0 Å². The lowest BCUT2D eigenvalue weighted by atomic mass is 9.90. The first-order valence-electron chi connectivity index (χ1n) is 5.39. The normalized spacial score (nSPS) is 29.9. The second kappa shape index (κ2) is 2.99. The van der Waals surface area contributed by atoms with Gasteiger partial charge in [-0.15, -0.1) is 0 Å². The van der Waals surface area contributed by atoms with Crippen LogP contribution in [0.5, 0.6) is 0 Å². The molecule has 0 aliphatic carbocycles. The summed E-state index contributed by atoms with van der Waals surface area (Å²) < 4.78 is 0. The number of hydrogen-bond acceptors (Lipinski definition) is 2. The molecule has 3 saturated heterocycles. The molecule has 2 unspecified atom stereocenters. The predicted molar refractivity (Wildman–Crippen MR) is 58.7 cm³/mol. The molecule has 2 bridgehead atoms. The van der Waals surface area contributed by atoms with E-state index in [0.29, 0.717) is 0 Å². The van der Waals surface area contributed by atoms with Crippen LogP contribution in [0.4, 0.5) is 5.69 Å². The lowest BCUT2D eigenvalue weighted by Gasteiger charge is -2.49. The molecule has 3 aliphatic heterocycles. The molecular formula is C12H16N2. The monoisotopic (exact) mass is 188 g/mol. The van der Waals surface area contributed by atoms with Crippen molar-refractivity contribution in [1.29, 1.82) is 0 Å². The van der Waals surface area contributed by atoms with E-state index in [1.807, 2.05) is 0 Å². The van der Waals surface area contributed by atoms with E-state index < -0.39 is 0 Å². The Morgan fingerprint density at radius 2 is 1.86 bits per heavy atom. The summed E-state index contributed by atoms with van der Waals surface area (Å²) in [6.45, 7) is 4.56. The summed E-state index contributed by atoms with van der Waals surface area (Å²) in [4.78, 5) is 2.52. The van der Waals surface area contributed by atoms with Crippen molar-refractivity contribution in [3.8, 4) is 0 Å². The number of hydrogen-bond donors (Lipinski definition) is 1. The Bertz CT molecular complexity index is 332. The van der Waals surface area contributed by atoms with Crippen molar-refractivity contribution in [2.75, 3.05) is 18.0 Å². The molecule has 0 amide bonds. The summed E-state index contributed by atoms with van der Waals surface area (Å²) >= 11 is 0. The van der Waals surface area contributed by atoms with Crippen LogP contribution in [0.1, 0.15) is 12.0 Å². The van der Waals surface area contributed by atoms with Crippen LogP contribution in [0.2, 0.25) is 0 Å². The van der Waals surface area contributed by atoms with E-state index in [0.717, 1.165) is 12.1 Å². The number of nitrogens with zero attached hydrogens (tertiary/aromatic N) is 1. The molecule has 0 aromatic heterocycles. The van der Waals surface area contributed by atoms with Gasteiger partial charge in [0.05, 0.1) is 0 Å². The minimum Gasteiger partial charge on any atom is -0.368 e. The Morgan fingerprint density at radius 1 is 1.21 bits per heavy atom. The summed E-state index contributed by atoms with van der Waals surface area (Å²) in [5, 5.41) is 3.56. The molecule has 74 valence electrons. The van der Waals surface area contributed by atoms with Gasteiger partial charge in [0, 0.05) is 30.9 Å². The maximum absolute atomic E-state index is 3.56. The van der Waals surface area contributed by atoms with Gasteiger partial charge in [0.25, 0.3) is 0 Å². The second-order valence-corrected chi connectivity index (χ2v) is 4.49. The highest BCUT2D eigenvalue weighted by Crippen LogP contribution is 2.27. The van der Waals surface area contributed by atoms with Crippen molar-refractivity contribution in [3.05, 3.63) is 29.8 Å². The molecule has 0 spiro atoms. The topological polar surface area (TPSA) is 15.3 Å². The van der Waals surface area contributed by atoms with Crippen LogP contribution in [0.15, 0.2) is 24.3 Å². The first-order chi connectivity index (χ1) is 6.83. The Hall–Kier alpha value is -1.02. The standard InChI is InChI=1S/C12H16N2/c1-9-4-2-3-5-12(9)14-7-10-6-11(8-14)13-10/h2-5,10-11,13H,6-8H2,1H3. The fourth-order valence-corrected chi connectivity index (χ4v) is 2.63. The predicted octanol–water partition coefficient (Wildman–Crippen LogP) is 1.55. The average molecular weight is 188 g/mol. The van der Waals surface area contributed by atoms with Crippen molar-refractivity contribution in [2.45, 2.75) is 25.4 Å². The third-order valence-electron chi connectivity index (χ3n) is 3.38. The molecule has 1 aromatic carbocycles. The molecule has 3 aliphatic rings. The summed E-state index contributed by atoms with van der Waals surface area (Å²) in [5.74, 6) is 0. The molecule has 1 N–H and O–H groups in total. The zero-order valence-electron chi connectivity index (χ0n) is 8.53. The maximum atomic E-state index is 3.56. The minimum atomic E-state index is 0.744. The fourth-order valence-electron chi connectivity index (χ4n) is 2.63. The highest BCUT2D eigenvalue weighted by Gasteiger charge is 2.36. The molecule has 2 nitrogen and oxygen atoms in total. The number of piperidine rings is 1. The van der Waals surface area contributed by atoms with Gasteiger partial charge in [-0.2, -0.15) is 0 Å². The number of piperazine rings is 1. The smallest absolute Gasteiger partial charge is 0.0396 e. The van der Waals surface area contributed by atoms with Gasteiger partial charge in [-0.25, -0.2) is 0 Å². The van der Waals surface area contributed by atoms with Crippen molar-refractivity contribution in [3.63, 3.8) is 0 Å². The van der Waals surface area contributed by atoms with Gasteiger partial charge in [-0.3, -0.25) is 0 Å². The van der Waals surface area contributed by atoms with Crippen molar-refractivity contribution in [1.82, 2.24) is 5.32 Å². The van der Waals surface area contributed by atoms with Gasteiger partial charge >= 0.3 is 0 Å². The first-order valence-corrected chi connectivity index (χ1v) is 5.39. The molecule has 3 fully saturated rings. The van der Waals surface area contributed by atoms with E-state index in [9.17, 15) is 0 Å². The molecule has 14 heavy (non-hydrogen) atoms. The van der Waals surface area contributed by atoms with E-state index in [4.69, 9.17) is 0 Å². The third kappa shape index (κ3) is 1.22. The van der Waals surface area contributed by atoms with E-state index >= 15 is 0 Å². The third-order valence-corrected chi connectivity index (χ3v) is 3.38. The molecule has 2 atom stereocenters. The number of rotatable bonds is 1. The molecule has 2 heteroatoms. The van der Waals surface area contributed by atoms with E-state index in [2.05, 4.69) is 41.4 Å². The molecule has 3 heterocycles. The van der Waals surface area contributed by atoms with Crippen molar-refractivity contribution in [2.24, 2.45) is 0 Å². The first kappa shape index (κ1) is 8.30. The number of nitrogens with one attached hydrogen (secondary N) is 1. The summed E-state index contributed by atoms with van der Waals surface area (Å²) in [6, 6.07) is 10.2. The summed E-state index contributed by atoms with van der Waals surface area (Å²) in [6.07, 6.45) is 1.38. The van der Waals surface area contributed by atoms with Crippen LogP contribution in [0, 0.1) is 6.92 Å². The van der Waals surface area contributed by atoms with Crippen LogP contribution in [-0.2, 0) is 0 Å². The Labute approximate surface area is 84.9 Å². The van der Waals surface area contributed by atoms with Crippen molar-refractivity contribution >= 4 is 5.69 Å². The number of fused-ring (bicyclic) bond motifs is 2. The quantitative estimate of drug-likeness (QED) is 0.719. The SMILES string of the molecule is Cc1ccccc1N1CC2CC(C1)N2. The fraction of sp³-hybridized carbons (Fsp3) is 0.500. The van der Waals surface area contributed by atoms with Gasteiger partial charge in [-0.1, -0.05) is 18.2 Å². The average Bonchev–Trinajstić information content (AvgIpc) is 2.17. The lowest BCUT2D eigenvalue weighted by molar-refractivity contribution is 0.226. The molecular weight excluding hydrogens is 172 g/mol. The van der Waals surface area contributed by atoms with Gasteiger partial charge in [0.15, 0.2) is 0 Å². The summed E-state index contributed by atoms with van der Waals surface area (Å²) in [5.41, 5.74) is 2.82. The molecule has 4 rings (SSSR count). The summed E-state index contributed by atoms with van der Waals surface area (Å²) in [7, 11) is 0. The largest absolute Gasteiger partial charge is 0.368 e. The number of benzene rings is 1. The maximum Gasteiger partial charge on any atom is 0.0396 e. The van der Waals surface area contributed by atoms with Crippen LogP contribution in [0.3, 0.4) is 0 Å². The van der Waals surface area contributed by atoms with Crippen LogP contribution < -0.4 is 10.2 Å². The Morgan fingerprint density at radius 3 is 2.50 bits per heavy atom. The zero-order chi connectivity index (χ0) is 9.54. The van der Waals surface area contributed by atoms with Gasteiger partial charge in [0.1, 0.15) is 0 Å². The minimum absolute atomic E-state index is 0.744. The Kier molecular flexibility index (Phi) is 1.77. The highest BCUT2D eigenvalue weighted by atomic mass is 15.3. The van der Waals surface area contributed by atoms with Gasteiger partial charge in [0.2, 0.25) is 0 Å². The van der Waals surface area contributed by atoms with E-state index in [1.54, 1.807) is 0 Å². The lowest BCUT2D eigenvalue weighted by Crippen LogP contribution is -2.67. The highest BCUT2D eigenvalue weighted by molar-refractivity contribution is 5.54. The number of para-hydroxylation sites is 1. The van der Waals surface area contributed by atoms with E-state index in [1.165, 1.54) is 30.8 Å². The Balaban J connectivity index is 1.85. The van der Waals surface area contributed by atoms with Crippen LogP contribution in [0.25, 0.3) is 0 Å². The molecule has 0 radical (unpaired) electrons. The second-order valence-electron chi connectivity index (χ2n) is 4.49. The zero-order valence-corrected chi connectivity index (χ0v) is 8.53.